The quantitative estimate of drug-likeness (QED) is 0.589. The normalized spacial score (nSPS) is 13.7. The fourth-order valence-corrected chi connectivity index (χ4v) is 1.27. The minimum Gasteiger partial charge on any atom is -0.370 e. The van der Waals surface area contributed by atoms with E-state index < -0.39 is 0 Å². The van der Waals surface area contributed by atoms with Gasteiger partial charge >= 0.3 is 0 Å². The van der Waals surface area contributed by atoms with Gasteiger partial charge in [0.2, 0.25) is 0 Å². The van der Waals surface area contributed by atoms with E-state index in [0.717, 1.165) is 5.56 Å². The van der Waals surface area contributed by atoms with Gasteiger partial charge in [-0.05, 0) is 31.5 Å². The molecule has 4 heteroatoms. The number of hydrogen-bond acceptors (Lipinski definition) is 1. The summed E-state index contributed by atoms with van der Waals surface area (Å²) in [5, 5.41) is 3.02. The van der Waals surface area contributed by atoms with Crippen molar-refractivity contribution in [1.29, 1.82) is 0 Å². The minimum atomic E-state index is -0.235. The molecule has 0 spiro atoms. The van der Waals surface area contributed by atoms with Gasteiger partial charge < -0.3 is 11.1 Å². The van der Waals surface area contributed by atoms with Crippen molar-refractivity contribution in [2.24, 2.45) is 10.7 Å². The van der Waals surface area contributed by atoms with Gasteiger partial charge in [-0.2, -0.15) is 0 Å². The van der Waals surface area contributed by atoms with Crippen molar-refractivity contribution < 1.29 is 4.39 Å². The van der Waals surface area contributed by atoms with Crippen LogP contribution in [0.5, 0.6) is 0 Å². The van der Waals surface area contributed by atoms with Gasteiger partial charge in [-0.1, -0.05) is 12.1 Å². The summed E-state index contributed by atoms with van der Waals surface area (Å²) in [6, 6.07) is 6.35. The summed E-state index contributed by atoms with van der Waals surface area (Å²) in [7, 11) is 0. The summed E-state index contributed by atoms with van der Waals surface area (Å²) in [6.07, 6.45) is 0. The first-order valence-corrected chi connectivity index (χ1v) is 4.95. The molecule has 0 aliphatic rings. The van der Waals surface area contributed by atoms with Crippen LogP contribution in [0.1, 0.15) is 25.5 Å². The molecule has 1 aromatic carbocycles. The molecule has 0 fully saturated rings. The summed E-state index contributed by atoms with van der Waals surface area (Å²) >= 11 is 0. The zero-order valence-electron chi connectivity index (χ0n) is 9.00. The van der Waals surface area contributed by atoms with Gasteiger partial charge in [0.05, 0.1) is 6.04 Å². The van der Waals surface area contributed by atoms with Crippen LogP contribution >= 0.6 is 0 Å². The van der Waals surface area contributed by atoms with E-state index in [-0.39, 0.29) is 11.9 Å². The second-order valence-corrected chi connectivity index (χ2v) is 3.28. The molecule has 0 saturated heterocycles. The molecule has 1 atom stereocenters. The van der Waals surface area contributed by atoms with E-state index in [1.165, 1.54) is 12.1 Å². The monoisotopic (exact) mass is 209 g/mol. The Kier molecular flexibility index (Phi) is 4.09. The third-order valence-electron chi connectivity index (χ3n) is 2.06. The molecule has 15 heavy (non-hydrogen) atoms. The Balaban J connectivity index is 2.65. The molecule has 0 saturated carbocycles. The number of nitrogens with one attached hydrogen (secondary N) is 1. The molecular weight excluding hydrogens is 193 g/mol. The van der Waals surface area contributed by atoms with Crippen LogP contribution in [0.15, 0.2) is 29.3 Å². The Morgan fingerprint density at radius 1 is 1.47 bits per heavy atom. The number of nitrogens with zero attached hydrogens (tertiary/aromatic N) is 1. The summed E-state index contributed by atoms with van der Waals surface area (Å²) in [4.78, 5) is 4.02. The van der Waals surface area contributed by atoms with Crippen LogP contribution in [0.2, 0.25) is 0 Å². The third kappa shape index (κ3) is 3.58. The number of guanidine groups is 1. The largest absolute Gasteiger partial charge is 0.370 e. The van der Waals surface area contributed by atoms with Gasteiger partial charge in [0, 0.05) is 6.54 Å². The number of rotatable bonds is 3. The average Bonchev–Trinajstić information content (AvgIpc) is 2.18. The molecule has 3 nitrogen and oxygen atoms in total. The predicted octanol–water partition coefficient (Wildman–Crippen LogP) is 1.81. The maximum absolute atomic E-state index is 12.7. The van der Waals surface area contributed by atoms with E-state index in [9.17, 15) is 4.39 Å². The molecule has 1 aromatic rings. The van der Waals surface area contributed by atoms with Crippen LogP contribution in [-0.4, -0.2) is 12.5 Å². The number of hydrogen-bond donors (Lipinski definition) is 2. The summed E-state index contributed by atoms with van der Waals surface area (Å²) < 4.78 is 12.7. The molecule has 0 bridgehead atoms. The lowest BCUT2D eigenvalue weighted by atomic mass is 10.1. The lowest BCUT2D eigenvalue weighted by Crippen LogP contribution is -2.33. The molecule has 0 aromatic heterocycles. The third-order valence-corrected chi connectivity index (χ3v) is 2.06. The maximum atomic E-state index is 12.7. The fourth-order valence-electron chi connectivity index (χ4n) is 1.27. The van der Waals surface area contributed by atoms with Crippen molar-refractivity contribution in [3.8, 4) is 0 Å². The van der Waals surface area contributed by atoms with E-state index in [1.54, 1.807) is 12.1 Å². The van der Waals surface area contributed by atoms with Crippen LogP contribution in [0.4, 0.5) is 4.39 Å². The predicted molar refractivity (Wildman–Crippen MR) is 60.1 cm³/mol. The van der Waals surface area contributed by atoms with Gasteiger partial charge in [0.25, 0.3) is 0 Å². The highest BCUT2D eigenvalue weighted by molar-refractivity contribution is 5.78. The first-order valence-electron chi connectivity index (χ1n) is 4.95. The lowest BCUT2D eigenvalue weighted by Gasteiger charge is -2.14. The van der Waals surface area contributed by atoms with E-state index in [1.807, 2.05) is 13.8 Å². The van der Waals surface area contributed by atoms with Crippen molar-refractivity contribution in [1.82, 2.24) is 5.32 Å². The average molecular weight is 209 g/mol. The zero-order valence-corrected chi connectivity index (χ0v) is 9.00. The van der Waals surface area contributed by atoms with Crippen LogP contribution in [0.3, 0.4) is 0 Å². The highest BCUT2D eigenvalue weighted by Gasteiger charge is 2.05. The van der Waals surface area contributed by atoms with Crippen LogP contribution in [0.25, 0.3) is 0 Å². The summed E-state index contributed by atoms with van der Waals surface area (Å²) in [5.41, 5.74) is 6.59. The molecule has 0 aliphatic carbocycles. The van der Waals surface area contributed by atoms with Crippen LogP contribution in [-0.2, 0) is 0 Å². The number of nitrogens with two attached hydrogens (primary N) is 1. The van der Waals surface area contributed by atoms with Crippen molar-refractivity contribution in [2.75, 3.05) is 6.54 Å². The van der Waals surface area contributed by atoms with Gasteiger partial charge in [0.15, 0.2) is 5.96 Å². The molecule has 3 N–H and O–H groups in total. The first kappa shape index (κ1) is 11.5. The van der Waals surface area contributed by atoms with E-state index in [4.69, 9.17) is 5.73 Å². The number of aliphatic imine (C=N–C) groups is 1. The minimum absolute atomic E-state index is 0.0286. The van der Waals surface area contributed by atoms with Gasteiger partial charge in [-0.3, -0.25) is 4.99 Å². The second kappa shape index (κ2) is 5.34. The second-order valence-electron chi connectivity index (χ2n) is 3.28. The van der Waals surface area contributed by atoms with Crippen molar-refractivity contribution >= 4 is 5.96 Å². The smallest absolute Gasteiger partial charge is 0.189 e. The van der Waals surface area contributed by atoms with Crippen molar-refractivity contribution in [3.05, 3.63) is 35.6 Å². The van der Waals surface area contributed by atoms with Crippen molar-refractivity contribution in [3.63, 3.8) is 0 Å². The van der Waals surface area contributed by atoms with E-state index in [0.29, 0.717) is 12.5 Å². The van der Waals surface area contributed by atoms with Crippen molar-refractivity contribution in [2.45, 2.75) is 19.9 Å². The zero-order chi connectivity index (χ0) is 11.3. The highest BCUT2D eigenvalue weighted by atomic mass is 19.1. The van der Waals surface area contributed by atoms with E-state index >= 15 is 0 Å². The SMILES string of the molecule is CCN=C(N)NC(C)c1ccc(F)cc1. The Morgan fingerprint density at radius 3 is 2.60 bits per heavy atom. The molecule has 0 radical (unpaired) electrons. The molecule has 0 aliphatic heterocycles. The fraction of sp³-hybridized carbons (Fsp3) is 0.364. The summed E-state index contributed by atoms with van der Waals surface area (Å²) in [5.74, 6) is 0.176. The first-order chi connectivity index (χ1) is 7.13. The van der Waals surface area contributed by atoms with Gasteiger partial charge in [0.1, 0.15) is 5.82 Å². The number of halogens is 1. The molecule has 0 amide bonds. The van der Waals surface area contributed by atoms with Crippen LogP contribution in [0, 0.1) is 5.82 Å². The van der Waals surface area contributed by atoms with Gasteiger partial charge in [-0.25, -0.2) is 4.39 Å². The summed E-state index contributed by atoms with van der Waals surface area (Å²) in [6.45, 7) is 4.51. The maximum Gasteiger partial charge on any atom is 0.189 e. The molecule has 1 unspecified atom stereocenters. The Hall–Kier alpha value is -1.58. The Bertz CT molecular complexity index is 332. The van der Waals surface area contributed by atoms with E-state index in [2.05, 4.69) is 10.3 Å². The standard InChI is InChI=1S/C11H16FN3/c1-3-14-11(13)15-8(2)9-4-6-10(12)7-5-9/h4-8H,3H2,1-2H3,(H3,13,14,15). The molecule has 82 valence electrons. The lowest BCUT2D eigenvalue weighted by molar-refractivity contribution is 0.624. The molecular formula is C11H16FN3. The molecule has 1 rings (SSSR count). The Labute approximate surface area is 89.2 Å². The Morgan fingerprint density at radius 2 is 2.07 bits per heavy atom. The molecule has 0 heterocycles. The highest BCUT2D eigenvalue weighted by Crippen LogP contribution is 2.12. The topological polar surface area (TPSA) is 50.4 Å². The van der Waals surface area contributed by atoms with Gasteiger partial charge in [-0.15, -0.1) is 0 Å². The number of benzene rings is 1. The van der Waals surface area contributed by atoms with Crippen LogP contribution < -0.4 is 11.1 Å².